The van der Waals surface area contributed by atoms with Crippen LogP contribution in [0, 0.1) is 0 Å². The van der Waals surface area contributed by atoms with Gasteiger partial charge in [-0.25, -0.2) is 0 Å². The van der Waals surface area contributed by atoms with E-state index in [2.05, 4.69) is 6.58 Å². The molecule has 28 heavy (non-hydrogen) atoms. The van der Waals surface area contributed by atoms with Crippen LogP contribution in [-0.4, -0.2) is 52.0 Å². The number of ether oxygens (including phenoxy) is 5. The summed E-state index contributed by atoms with van der Waals surface area (Å²) in [6.45, 7) is 3.79. The van der Waals surface area contributed by atoms with Crippen molar-refractivity contribution in [2.75, 3.05) is 35.5 Å². The molecule has 0 bridgehead atoms. The van der Waals surface area contributed by atoms with E-state index in [9.17, 15) is 5.11 Å². The fourth-order valence-corrected chi connectivity index (χ4v) is 4.43. The lowest BCUT2D eigenvalue weighted by atomic mass is 9.71. The van der Waals surface area contributed by atoms with Gasteiger partial charge in [0.1, 0.15) is 5.60 Å². The Morgan fingerprint density at radius 3 is 2.29 bits per heavy atom. The molecule has 0 radical (unpaired) electrons. The third-order valence-corrected chi connectivity index (χ3v) is 5.63. The summed E-state index contributed by atoms with van der Waals surface area (Å²) in [7, 11) is 7.77. The average Bonchev–Trinajstić information content (AvgIpc) is 2.71. The molecule has 0 spiro atoms. The van der Waals surface area contributed by atoms with Crippen LogP contribution >= 0.6 is 0 Å². The van der Waals surface area contributed by atoms with Gasteiger partial charge in [0.25, 0.3) is 5.79 Å². The van der Waals surface area contributed by atoms with Gasteiger partial charge in [-0.15, -0.1) is 6.58 Å². The van der Waals surface area contributed by atoms with E-state index in [4.69, 9.17) is 23.7 Å². The molecule has 0 aliphatic heterocycles. The van der Waals surface area contributed by atoms with Crippen molar-refractivity contribution in [1.82, 2.24) is 0 Å². The van der Waals surface area contributed by atoms with Crippen molar-refractivity contribution in [1.29, 1.82) is 0 Å². The van der Waals surface area contributed by atoms with Gasteiger partial charge >= 0.3 is 0 Å². The van der Waals surface area contributed by atoms with Crippen molar-refractivity contribution < 1.29 is 28.8 Å². The van der Waals surface area contributed by atoms with Crippen LogP contribution in [0.15, 0.2) is 42.2 Å². The van der Waals surface area contributed by atoms with Crippen molar-refractivity contribution in [3.8, 4) is 11.5 Å². The Bertz CT molecular complexity index is 834. The van der Waals surface area contributed by atoms with Crippen molar-refractivity contribution in [2.45, 2.75) is 30.7 Å². The number of rotatable bonds is 7. The van der Waals surface area contributed by atoms with E-state index in [1.54, 1.807) is 33.5 Å². The second-order valence-electron chi connectivity index (χ2n) is 6.85. The number of aryl methyl sites for hydroxylation is 1. The molecule has 0 saturated carbocycles. The maximum atomic E-state index is 11.7. The Morgan fingerprint density at radius 2 is 1.75 bits per heavy atom. The van der Waals surface area contributed by atoms with Gasteiger partial charge in [-0.1, -0.05) is 12.1 Å². The lowest BCUT2D eigenvalue weighted by Gasteiger charge is -2.48. The fraction of sp³-hybridized carbons (Fsp3) is 0.455. The minimum absolute atomic E-state index is 0.208. The number of hydrogen-bond donors (Lipinski definition) is 1. The molecule has 0 fully saturated rings. The standard InChI is InChI=1S/C22H28O6/c1-7-12-21(23)13-16-15(20(26-4)22(21,27-5)28-6)10-8-14-9-11-17(24-2)19(25-3)18(14)16/h7,9,11,13,23H,1,8,10,12H2,2-6H3. The third kappa shape index (κ3) is 2.67. The first-order valence-corrected chi connectivity index (χ1v) is 9.15. The van der Waals surface area contributed by atoms with E-state index >= 15 is 0 Å². The highest BCUT2D eigenvalue weighted by atomic mass is 16.7. The molecule has 1 unspecified atom stereocenters. The lowest BCUT2D eigenvalue weighted by molar-refractivity contribution is -0.279. The minimum atomic E-state index is -1.52. The van der Waals surface area contributed by atoms with E-state index in [1.165, 1.54) is 14.2 Å². The maximum absolute atomic E-state index is 11.7. The van der Waals surface area contributed by atoms with Gasteiger partial charge in [0, 0.05) is 31.8 Å². The van der Waals surface area contributed by atoms with Gasteiger partial charge in [0.15, 0.2) is 17.3 Å². The molecule has 1 aromatic carbocycles. The van der Waals surface area contributed by atoms with Crippen molar-refractivity contribution in [3.05, 3.63) is 53.3 Å². The Hall–Kier alpha value is -2.28. The fourth-order valence-electron chi connectivity index (χ4n) is 4.43. The third-order valence-electron chi connectivity index (χ3n) is 5.63. The van der Waals surface area contributed by atoms with Gasteiger partial charge in [-0.05, 0) is 36.1 Å². The molecule has 1 aromatic rings. The molecular formula is C22H28O6. The van der Waals surface area contributed by atoms with Crippen LogP contribution in [0.2, 0.25) is 0 Å². The highest BCUT2D eigenvalue weighted by Gasteiger charge is 2.58. The highest BCUT2D eigenvalue weighted by Crippen LogP contribution is 2.53. The van der Waals surface area contributed by atoms with E-state index in [0.29, 0.717) is 17.3 Å². The number of fused-ring (bicyclic) bond motifs is 3. The van der Waals surface area contributed by atoms with E-state index < -0.39 is 11.4 Å². The highest BCUT2D eigenvalue weighted by molar-refractivity contribution is 5.89. The van der Waals surface area contributed by atoms with Crippen LogP contribution in [0.25, 0.3) is 5.57 Å². The largest absolute Gasteiger partial charge is 0.495 e. The molecule has 1 N–H and O–H groups in total. The molecule has 6 nitrogen and oxygen atoms in total. The topological polar surface area (TPSA) is 66.4 Å². The predicted molar refractivity (Wildman–Crippen MR) is 106 cm³/mol. The summed E-state index contributed by atoms with van der Waals surface area (Å²) in [6.07, 6.45) is 5.13. The summed E-state index contributed by atoms with van der Waals surface area (Å²) < 4.78 is 28.4. The monoisotopic (exact) mass is 388 g/mol. The molecule has 2 aliphatic rings. The zero-order valence-electron chi connectivity index (χ0n) is 17.1. The molecule has 3 rings (SSSR count). The molecule has 1 atom stereocenters. The second-order valence-corrected chi connectivity index (χ2v) is 6.85. The van der Waals surface area contributed by atoms with Crippen LogP contribution in [0.4, 0.5) is 0 Å². The van der Waals surface area contributed by atoms with Gasteiger partial charge in [0.05, 0.1) is 21.3 Å². The van der Waals surface area contributed by atoms with E-state index in [1.807, 2.05) is 12.1 Å². The minimum Gasteiger partial charge on any atom is -0.495 e. The molecule has 6 heteroatoms. The van der Waals surface area contributed by atoms with Crippen LogP contribution in [-0.2, 0) is 20.6 Å². The molecule has 0 heterocycles. The van der Waals surface area contributed by atoms with Gasteiger partial charge in [-0.2, -0.15) is 0 Å². The number of methoxy groups -OCH3 is 5. The smallest absolute Gasteiger partial charge is 0.261 e. The molecule has 0 aromatic heterocycles. The normalized spacial score (nSPS) is 22.7. The first-order chi connectivity index (χ1) is 13.5. The van der Waals surface area contributed by atoms with E-state index in [0.717, 1.165) is 35.1 Å². The Morgan fingerprint density at radius 1 is 1.04 bits per heavy atom. The number of aliphatic hydroxyl groups is 1. The van der Waals surface area contributed by atoms with Crippen LogP contribution in [0.3, 0.4) is 0 Å². The zero-order chi connectivity index (χ0) is 20.5. The molecular weight excluding hydrogens is 360 g/mol. The lowest BCUT2D eigenvalue weighted by Crippen LogP contribution is -2.59. The van der Waals surface area contributed by atoms with Crippen LogP contribution in [0.5, 0.6) is 11.5 Å². The summed E-state index contributed by atoms with van der Waals surface area (Å²) >= 11 is 0. The molecule has 0 saturated heterocycles. The van der Waals surface area contributed by atoms with Crippen LogP contribution in [0.1, 0.15) is 24.0 Å². The summed E-state index contributed by atoms with van der Waals surface area (Å²) in [5, 5.41) is 11.7. The van der Waals surface area contributed by atoms with Gasteiger partial charge in [-0.3, -0.25) is 0 Å². The summed E-state index contributed by atoms with van der Waals surface area (Å²) in [6, 6.07) is 3.93. The molecule has 0 amide bonds. The van der Waals surface area contributed by atoms with Crippen LogP contribution < -0.4 is 9.47 Å². The molecule has 2 aliphatic carbocycles. The molecule has 152 valence electrons. The Kier molecular flexibility index (Phi) is 5.57. The van der Waals surface area contributed by atoms with Crippen molar-refractivity contribution in [2.24, 2.45) is 0 Å². The summed E-state index contributed by atoms with van der Waals surface area (Å²) in [5.41, 5.74) is 2.24. The second kappa shape index (κ2) is 7.62. The first kappa shape index (κ1) is 20.5. The Labute approximate surface area is 166 Å². The maximum Gasteiger partial charge on any atom is 0.261 e. The van der Waals surface area contributed by atoms with Gasteiger partial charge in [0.2, 0.25) is 0 Å². The predicted octanol–water partition coefficient (Wildman–Crippen LogP) is 3.24. The number of benzene rings is 1. The van der Waals surface area contributed by atoms with E-state index in [-0.39, 0.29) is 6.42 Å². The van der Waals surface area contributed by atoms with Crippen molar-refractivity contribution >= 4 is 5.57 Å². The summed E-state index contributed by atoms with van der Waals surface area (Å²) in [4.78, 5) is 0. The Balaban J connectivity index is 2.37. The quantitative estimate of drug-likeness (QED) is 0.571. The zero-order valence-corrected chi connectivity index (χ0v) is 17.1. The summed E-state index contributed by atoms with van der Waals surface area (Å²) in [5.74, 6) is 0.236. The number of allylic oxidation sites excluding steroid dienone is 2. The first-order valence-electron chi connectivity index (χ1n) is 9.15. The van der Waals surface area contributed by atoms with Crippen molar-refractivity contribution in [3.63, 3.8) is 0 Å². The van der Waals surface area contributed by atoms with Gasteiger partial charge < -0.3 is 28.8 Å². The SMILES string of the molecule is C=CCC1(O)C=C2C(=C(OC)C1(OC)OC)CCc1ccc(OC)c(OC)c12. The average molecular weight is 388 g/mol. The number of hydrogen-bond acceptors (Lipinski definition) is 6.